The molecule has 3 nitrogen and oxygen atoms in total. The fraction of sp³-hybridized carbons (Fsp3) is 1.00. The van der Waals surface area contributed by atoms with E-state index in [0.717, 1.165) is 0 Å². The van der Waals surface area contributed by atoms with Crippen LogP contribution in [0, 0.1) is 0 Å². The Morgan fingerprint density at radius 3 is 1.31 bits per heavy atom. The van der Waals surface area contributed by atoms with E-state index in [9.17, 15) is 4.57 Å². The van der Waals surface area contributed by atoms with Crippen LogP contribution in [0.25, 0.3) is 0 Å². The monoisotopic (exact) mass is 260 g/mol. The van der Waals surface area contributed by atoms with Crippen LogP contribution in [-0.4, -0.2) is 16.6 Å². The van der Waals surface area contributed by atoms with Gasteiger partial charge < -0.3 is 8.43 Å². The highest BCUT2D eigenvalue weighted by Gasteiger charge is 2.34. The second-order valence-electron chi connectivity index (χ2n) is 4.84. The van der Waals surface area contributed by atoms with Crippen LogP contribution < -0.4 is 0 Å². The van der Waals surface area contributed by atoms with Gasteiger partial charge in [-0.1, -0.05) is 0 Å². The van der Waals surface area contributed by atoms with Crippen molar-refractivity contribution in [1.29, 1.82) is 0 Å². The molecule has 80 valence electrons. The second kappa shape index (κ2) is 4.17. The lowest BCUT2D eigenvalue weighted by Crippen LogP contribution is -2.28. The summed E-state index contributed by atoms with van der Waals surface area (Å²) in [7, 11) is -3.78. The summed E-state index contributed by atoms with van der Waals surface area (Å²) in [6.45, 7) is 8.22. The molecule has 0 heterocycles. The van der Waals surface area contributed by atoms with E-state index in [1.54, 1.807) is 0 Å². The lowest BCUT2D eigenvalue weighted by atomic mass is 11.8. The molecule has 0 rings (SSSR count). The van der Waals surface area contributed by atoms with Gasteiger partial charge in [0.15, 0.2) is 16.6 Å². The van der Waals surface area contributed by atoms with Crippen molar-refractivity contribution in [1.82, 2.24) is 0 Å². The molecule has 0 atom stereocenters. The molecule has 13 heavy (non-hydrogen) atoms. The largest absolute Gasteiger partial charge is 0.404 e. The fourth-order valence-corrected chi connectivity index (χ4v) is 10.1. The number of rotatable bonds is 4. The third kappa shape index (κ3) is 9.18. The van der Waals surface area contributed by atoms with Crippen molar-refractivity contribution < 1.29 is 13.0 Å². The number of hydrogen-bond acceptors (Lipinski definition) is 3. The minimum absolute atomic E-state index is 1.89. The van der Waals surface area contributed by atoms with E-state index in [0.29, 0.717) is 0 Å². The summed E-state index contributed by atoms with van der Waals surface area (Å²) in [6, 6.07) is 0. The van der Waals surface area contributed by atoms with Gasteiger partial charge in [0, 0.05) is 11.2 Å². The van der Waals surface area contributed by atoms with E-state index in [1.165, 1.54) is 0 Å². The van der Waals surface area contributed by atoms with E-state index in [2.05, 4.69) is 0 Å². The van der Waals surface area contributed by atoms with Crippen molar-refractivity contribution in [3.8, 4) is 0 Å². The highest BCUT2D eigenvalue weighted by Crippen LogP contribution is 2.57. The highest BCUT2D eigenvalue weighted by molar-refractivity contribution is 7.83. The van der Waals surface area contributed by atoms with Gasteiger partial charge in [0.05, 0.1) is 0 Å². The minimum atomic E-state index is -3.34. The van der Waals surface area contributed by atoms with Crippen LogP contribution >= 0.6 is 18.2 Å². The lowest BCUT2D eigenvalue weighted by Gasteiger charge is -2.26. The van der Waals surface area contributed by atoms with Gasteiger partial charge in [-0.3, -0.25) is 0 Å². The summed E-state index contributed by atoms with van der Waals surface area (Å²) in [5.74, 6) is 0. The van der Waals surface area contributed by atoms with Crippen molar-refractivity contribution in [2.75, 3.05) is 0 Å². The number of hydrogen-bond donors (Lipinski definition) is 0. The molecule has 0 aromatic carbocycles. The average Bonchev–Trinajstić information content (AvgIpc) is 1.43. The molecule has 0 aliphatic carbocycles. The van der Waals surface area contributed by atoms with Gasteiger partial charge in [-0.25, -0.2) is 4.57 Å². The smallest absolute Gasteiger partial charge is 0.340 e. The molecule has 0 aliphatic heterocycles. The van der Waals surface area contributed by atoms with Gasteiger partial charge >= 0.3 is 6.95 Å². The zero-order chi connectivity index (χ0) is 10.9. The summed E-state index contributed by atoms with van der Waals surface area (Å²) in [5.41, 5.74) is 0. The highest BCUT2D eigenvalue weighted by atomic mass is 35.7. The molecule has 0 amide bonds. The average molecular weight is 261 g/mol. The molecule has 0 fully saturated rings. The standard InChI is InChI=1S/C6H18ClO3PSi2/c1-12(2,3)9-11(7,8)10-13(4,5)6/h1-6H3. The van der Waals surface area contributed by atoms with Gasteiger partial charge in [-0.15, -0.1) is 0 Å². The fourth-order valence-electron chi connectivity index (χ4n) is 0.673. The first kappa shape index (κ1) is 13.9. The zero-order valence-electron chi connectivity index (χ0n) is 9.05. The molecule has 0 aromatic heterocycles. The predicted molar refractivity (Wildman–Crippen MR) is 62.3 cm³/mol. The van der Waals surface area contributed by atoms with Crippen LogP contribution in [0.4, 0.5) is 0 Å². The van der Waals surface area contributed by atoms with Crippen LogP contribution in [0.1, 0.15) is 0 Å². The molecule has 0 bridgehead atoms. The third-order valence-electron chi connectivity index (χ3n) is 0.766. The minimum Gasteiger partial charge on any atom is -0.340 e. The first-order chi connectivity index (χ1) is 5.41. The molecule has 0 spiro atoms. The Balaban J connectivity index is 4.35. The van der Waals surface area contributed by atoms with Crippen LogP contribution in [0.2, 0.25) is 39.3 Å². The molecular weight excluding hydrogens is 243 g/mol. The summed E-state index contributed by atoms with van der Waals surface area (Å²) in [4.78, 5) is 0. The quantitative estimate of drug-likeness (QED) is 0.565. The van der Waals surface area contributed by atoms with Gasteiger partial charge in [0.1, 0.15) is 0 Å². The van der Waals surface area contributed by atoms with Crippen LogP contribution in [0.15, 0.2) is 0 Å². The Bertz CT molecular complexity index is 201. The topological polar surface area (TPSA) is 35.5 Å². The third-order valence-corrected chi connectivity index (χ3v) is 8.13. The van der Waals surface area contributed by atoms with Crippen LogP contribution in [-0.2, 0) is 13.0 Å². The summed E-state index contributed by atoms with van der Waals surface area (Å²) < 4.78 is 22.2. The molecule has 0 N–H and O–H groups in total. The molecule has 0 saturated heterocycles. The van der Waals surface area contributed by atoms with Gasteiger partial charge in [-0.2, -0.15) is 0 Å². The Kier molecular flexibility index (Phi) is 4.45. The van der Waals surface area contributed by atoms with E-state index in [1.807, 2.05) is 39.3 Å². The zero-order valence-corrected chi connectivity index (χ0v) is 12.7. The molecular formula is C6H18ClO3PSi2. The Morgan fingerprint density at radius 2 is 1.15 bits per heavy atom. The van der Waals surface area contributed by atoms with Crippen molar-refractivity contribution in [3.05, 3.63) is 0 Å². The Labute approximate surface area is 87.4 Å². The van der Waals surface area contributed by atoms with E-state index >= 15 is 0 Å². The lowest BCUT2D eigenvalue weighted by molar-refractivity contribution is 0.404. The van der Waals surface area contributed by atoms with E-state index in [-0.39, 0.29) is 0 Å². The normalized spacial score (nSPS) is 14.7. The molecule has 0 unspecified atom stereocenters. The number of halogens is 1. The maximum atomic E-state index is 11.6. The molecule has 0 radical (unpaired) electrons. The predicted octanol–water partition coefficient (Wildman–Crippen LogP) is 4.04. The van der Waals surface area contributed by atoms with Crippen LogP contribution in [0.5, 0.6) is 0 Å². The second-order valence-corrected chi connectivity index (χ2v) is 16.9. The summed E-state index contributed by atoms with van der Waals surface area (Å²) in [6.07, 6.45) is 0. The van der Waals surface area contributed by atoms with Gasteiger partial charge in [0.25, 0.3) is 0 Å². The van der Waals surface area contributed by atoms with E-state index < -0.39 is 23.6 Å². The van der Waals surface area contributed by atoms with E-state index in [4.69, 9.17) is 19.7 Å². The molecule has 0 aromatic rings. The molecule has 7 heteroatoms. The van der Waals surface area contributed by atoms with Crippen molar-refractivity contribution in [2.24, 2.45) is 0 Å². The Morgan fingerprint density at radius 1 is 0.923 bits per heavy atom. The Hall–Kier alpha value is 0.874. The van der Waals surface area contributed by atoms with Crippen molar-refractivity contribution >= 4 is 34.8 Å². The molecule has 0 saturated carbocycles. The van der Waals surface area contributed by atoms with Crippen LogP contribution in [0.3, 0.4) is 0 Å². The first-order valence-corrected chi connectivity index (χ1v) is 13.4. The van der Waals surface area contributed by atoms with Gasteiger partial charge in [-0.05, 0) is 39.3 Å². The van der Waals surface area contributed by atoms with Gasteiger partial charge in [0.2, 0.25) is 0 Å². The maximum Gasteiger partial charge on any atom is 0.404 e. The summed E-state index contributed by atoms with van der Waals surface area (Å²) >= 11 is 5.69. The van der Waals surface area contributed by atoms with Crippen molar-refractivity contribution in [3.63, 3.8) is 0 Å². The van der Waals surface area contributed by atoms with Crippen molar-refractivity contribution in [2.45, 2.75) is 39.3 Å². The first-order valence-electron chi connectivity index (χ1n) is 4.13. The SMILES string of the molecule is C[Si](C)(C)OP(=O)(Cl)O[Si](C)(C)C. The summed E-state index contributed by atoms with van der Waals surface area (Å²) in [5, 5.41) is 0. The molecule has 0 aliphatic rings. The maximum absolute atomic E-state index is 11.6.